The van der Waals surface area contributed by atoms with Crippen LogP contribution in [-0.4, -0.2) is 31.7 Å². The van der Waals surface area contributed by atoms with E-state index in [-0.39, 0.29) is 10.8 Å². The van der Waals surface area contributed by atoms with Crippen molar-refractivity contribution in [3.63, 3.8) is 0 Å². The number of carbonyl (C=O) groups is 1. The van der Waals surface area contributed by atoms with Gasteiger partial charge in [0.2, 0.25) is 0 Å². The Morgan fingerprint density at radius 1 is 1.21 bits per heavy atom. The highest BCUT2D eigenvalue weighted by atomic mass is 32.2. The van der Waals surface area contributed by atoms with E-state index in [9.17, 15) is 13.2 Å². The summed E-state index contributed by atoms with van der Waals surface area (Å²) in [5.41, 5.74) is 0.797. The topological polar surface area (TPSA) is 102 Å². The van der Waals surface area contributed by atoms with Crippen LogP contribution >= 0.6 is 0 Å². The maximum absolute atomic E-state index is 12.4. The van der Waals surface area contributed by atoms with Gasteiger partial charge in [0.25, 0.3) is 11.7 Å². The largest absolute Gasteiger partial charge is 0.328 e. The molecule has 1 aromatic heterocycles. The summed E-state index contributed by atoms with van der Waals surface area (Å²) < 4.78 is 27.3. The van der Waals surface area contributed by atoms with Crippen LogP contribution < -0.4 is 15.0 Å². The predicted octanol–water partition coefficient (Wildman–Crippen LogP) is -0.115. The molecule has 2 heterocycles. The molecule has 8 heteroatoms. The SMILES string of the molecule is O=C(Nc1cccc(S(=O)(=O)NC2=[NH+]CCC2)c1)c1cccnc1. The number of pyridine rings is 1. The molecule has 24 heavy (non-hydrogen) atoms. The van der Waals surface area contributed by atoms with Crippen LogP contribution in [0.1, 0.15) is 23.2 Å². The van der Waals surface area contributed by atoms with Crippen LogP contribution in [0, 0.1) is 0 Å². The maximum Gasteiger partial charge on any atom is 0.328 e. The summed E-state index contributed by atoms with van der Waals surface area (Å²) in [6.45, 7) is 0.763. The molecule has 1 aliphatic rings. The Labute approximate surface area is 139 Å². The van der Waals surface area contributed by atoms with Crippen molar-refractivity contribution in [3.05, 3.63) is 54.4 Å². The third kappa shape index (κ3) is 3.77. The number of amidine groups is 1. The molecule has 0 fully saturated rings. The third-order valence-electron chi connectivity index (χ3n) is 3.53. The van der Waals surface area contributed by atoms with Crippen molar-refractivity contribution < 1.29 is 18.2 Å². The van der Waals surface area contributed by atoms with Crippen molar-refractivity contribution in [2.24, 2.45) is 0 Å². The van der Waals surface area contributed by atoms with Crippen molar-refractivity contribution in [2.45, 2.75) is 17.7 Å². The van der Waals surface area contributed by atoms with E-state index in [0.29, 0.717) is 23.5 Å². The quantitative estimate of drug-likeness (QED) is 0.719. The van der Waals surface area contributed by atoms with Crippen molar-refractivity contribution in [1.29, 1.82) is 0 Å². The molecular weight excluding hydrogens is 328 g/mol. The summed E-state index contributed by atoms with van der Waals surface area (Å²) in [4.78, 5) is 19.1. The zero-order valence-electron chi connectivity index (χ0n) is 12.8. The first-order chi connectivity index (χ1) is 11.5. The number of sulfonamides is 1. The van der Waals surface area contributed by atoms with Gasteiger partial charge in [0.15, 0.2) is 0 Å². The number of anilines is 1. The van der Waals surface area contributed by atoms with E-state index < -0.39 is 10.0 Å². The van der Waals surface area contributed by atoms with Crippen LogP contribution in [0.5, 0.6) is 0 Å². The highest BCUT2D eigenvalue weighted by Gasteiger charge is 2.24. The number of nitrogens with zero attached hydrogens (tertiary/aromatic N) is 1. The van der Waals surface area contributed by atoms with Crippen LogP contribution in [0.25, 0.3) is 0 Å². The second-order valence-corrected chi connectivity index (χ2v) is 7.02. The first-order valence-corrected chi connectivity index (χ1v) is 8.97. The lowest BCUT2D eigenvalue weighted by Gasteiger charge is -2.07. The number of carbonyl (C=O) groups excluding carboxylic acids is 1. The van der Waals surface area contributed by atoms with Gasteiger partial charge in [-0.15, -0.1) is 0 Å². The highest BCUT2D eigenvalue weighted by Crippen LogP contribution is 2.16. The summed E-state index contributed by atoms with van der Waals surface area (Å²) in [5.74, 6) is 0.247. The maximum atomic E-state index is 12.4. The van der Waals surface area contributed by atoms with Crippen LogP contribution in [0.15, 0.2) is 53.7 Å². The Morgan fingerprint density at radius 3 is 2.79 bits per heavy atom. The number of benzene rings is 1. The van der Waals surface area contributed by atoms with E-state index in [1.807, 2.05) is 0 Å². The Morgan fingerprint density at radius 2 is 2.08 bits per heavy atom. The lowest BCUT2D eigenvalue weighted by molar-refractivity contribution is -0.448. The molecule has 3 N–H and O–H groups in total. The molecular formula is C16H17N4O3S+. The van der Waals surface area contributed by atoms with Crippen molar-refractivity contribution in [1.82, 2.24) is 9.71 Å². The van der Waals surface area contributed by atoms with Crippen molar-refractivity contribution in [3.8, 4) is 0 Å². The minimum Gasteiger partial charge on any atom is -0.322 e. The molecule has 0 aliphatic carbocycles. The van der Waals surface area contributed by atoms with Gasteiger partial charge in [-0.05, 0) is 36.8 Å². The molecule has 0 unspecified atom stereocenters. The van der Waals surface area contributed by atoms with Gasteiger partial charge in [-0.3, -0.25) is 14.8 Å². The Kier molecular flexibility index (Phi) is 4.57. The van der Waals surface area contributed by atoms with Crippen molar-refractivity contribution >= 4 is 27.5 Å². The minimum absolute atomic E-state index is 0.0905. The Balaban J connectivity index is 1.77. The second kappa shape index (κ2) is 6.79. The number of hydrogen-bond acceptors (Lipinski definition) is 4. The van der Waals surface area contributed by atoms with Gasteiger partial charge in [0.05, 0.1) is 18.5 Å². The van der Waals surface area contributed by atoms with E-state index in [2.05, 4.69) is 20.0 Å². The Hall–Kier alpha value is -2.74. The molecule has 0 atom stereocenters. The number of hydrogen-bond donors (Lipinski definition) is 3. The van der Waals surface area contributed by atoms with Gasteiger partial charge < -0.3 is 5.32 Å². The van der Waals surface area contributed by atoms with Gasteiger partial charge in [0, 0.05) is 18.1 Å². The molecule has 0 saturated carbocycles. The fraction of sp³-hybridized carbons (Fsp3) is 0.188. The zero-order chi connectivity index (χ0) is 17.0. The molecule has 0 spiro atoms. The predicted molar refractivity (Wildman–Crippen MR) is 89.0 cm³/mol. The summed E-state index contributed by atoms with van der Waals surface area (Å²) in [7, 11) is -3.68. The summed E-state index contributed by atoms with van der Waals surface area (Å²) >= 11 is 0. The van der Waals surface area contributed by atoms with Gasteiger partial charge in [-0.1, -0.05) is 6.07 Å². The number of aromatic nitrogens is 1. The third-order valence-corrected chi connectivity index (χ3v) is 4.92. The van der Waals surface area contributed by atoms with Crippen LogP contribution in [0.4, 0.5) is 5.69 Å². The average molecular weight is 345 g/mol. The van der Waals surface area contributed by atoms with Gasteiger partial charge in [-0.2, -0.15) is 13.1 Å². The minimum atomic E-state index is -3.68. The zero-order valence-corrected chi connectivity index (χ0v) is 13.6. The molecule has 0 bridgehead atoms. The lowest BCUT2D eigenvalue weighted by Crippen LogP contribution is -2.72. The van der Waals surface area contributed by atoms with Gasteiger partial charge in [-0.25, -0.2) is 0 Å². The fourth-order valence-electron chi connectivity index (χ4n) is 2.34. The summed E-state index contributed by atoms with van der Waals surface area (Å²) in [5, 5.41) is 2.67. The highest BCUT2D eigenvalue weighted by molar-refractivity contribution is 7.90. The molecule has 1 aliphatic heterocycles. The Bertz CT molecular complexity index is 879. The molecule has 1 aromatic carbocycles. The van der Waals surface area contributed by atoms with E-state index in [4.69, 9.17) is 0 Å². The van der Waals surface area contributed by atoms with Crippen LogP contribution in [0.3, 0.4) is 0 Å². The second-order valence-electron chi connectivity index (χ2n) is 5.34. The van der Waals surface area contributed by atoms with Crippen LogP contribution in [0.2, 0.25) is 0 Å². The van der Waals surface area contributed by atoms with E-state index >= 15 is 0 Å². The molecule has 124 valence electrons. The van der Waals surface area contributed by atoms with Crippen LogP contribution in [-0.2, 0) is 10.0 Å². The van der Waals surface area contributed by atoms with Crippen molar-refractivity contribution in [2.75, 3.05) is 11.9 Å². The van der Waals surface area contributed by atoms with Gasteiger partial charge >= 0.3 is 10.0 Å². The monoisotopic (exact) mass is 345 g/mol. The molecule has 2 aromatic rings. The first kappa shape index (κ1) is 16.1. The lowest BCUT2D eigenvalue weighted by atomic mass is 10.2. The first-order valence-electron chi connectivity index (χ1n) is 7.48. The number of rotatable bonds is 4. The standard InChI is InChI=1S/C16H16N4O3S/c21-16(12-4-2-8-17-11-12)19-13-5-1-6-14(10-13)24(22,23)20-15-7-3-9-18-15/h1-2,4-6,8,10-11H,3,7,9H2,(H,18,20)(H,19,21)/p+1. The average Bonchev–Trinajstić information content (AvgIpc) is 3.08. The van der Waals surface area contributed by atoms with E-state index in [1.54, 1.807) is 30.5 Å². The summed E-state index contributed by atoms with van der Waals surface area (Å²) in [6, 6.07) is 9.41. The summed E-state index contributed by atoms with van der Waals surface area (Å²) in [6.07, 6.45) is 4.60. The smallest absolute Gasteiger partial charge is 0.322 e. The number of nitrogens with one attached hydrogen (secondary N) is 3. The number of amides is 1. The van der Waals surface area contributed by atoms with E-state index in [0.717, 1.165) is 13.0 Å². The molecule has 0 saturated heterocycles. The molecule has 7 nitrogen and oxygen atoms in total. The fourth-order valence-corrected chi connectivity index (χ4v) is 3.50. The molecule has 1 amide bonds. The van der Waals surface area contributed by atoms with Gasteiger partial charge in [0.1, 0.15) is 4.90 Å². The van der Waals surface area contributed by atoms with E-state index in [1.165, 1.54) is 18.3 Å². The normalized spacial score (nSPS) is 14.1. The molecule has 0 radical (unpaired) electrons. The molecule has 3 rings (SSSR count).